The first-order valence-corrected chi connectivity index (χ1v) is 7.09. The van der Waals surface area contributed by atoms with Gasteiger partial charge >= 0.3 is 0 Å². The highest BCUT2D eigenvalue weighted by Gasteiger charge is 2.10. The molecule has 1 amide bonds. The molecule has 1 rings (SSSR count). The lowest BCUT2D eigenvalue weighted by Crippen LogP contribution is -2.25. The summed E-state index contributed by atoms with van der Waals surface area (Å²) in [6.45, 7) is 2.67. The van der Waals surface area contributed by atoms with Crippen LogP contribution in [0, 0.1) is 5.82 Å². The molecule has 1 aromatic carbocycles. The predicted octanol–water partition coefficient (Wildman–Crippen LogP) is 2.99. The van der Waals surface area contributed by atoms with Crippen LogP contribution in [0.5, 0.6) is 0 Å². The number of benzene rings is 1. The molecule has 5 heteroatoms. The molecule has 0 aliphatic rings. The Balaban J connectivity index is 2.44. The molecular formula is C12H16FNOS2. The van der Waals surface area contributed by atoms with Gasteiger partial charge in [0.25, 0.3) is 5.91 Å². The zero-order valence-electron chi connectivity index (χ0n) is 9.70. The van der Waals surface area contributed by atoms with Gasteiger partial charge in [0.1, 0.15) is 5.82 Å². The molecule has 0 aromatic heterocycles. The molecular weight excluding hydrogens is 257 g/mol. The predicted molar refractivity (Wildman–Crippen MR) is 73.6 cm³/mol. The van der Waals surface area contributed by atoms with E-state index in [2.05, 4.69) is 24.9 Å². The number of carbonyl (C=O) groups is 1. The zero-order valence-corrected chi connectivity index (χ0v) is 11.4. The first-order valence-electron chi connectivity index (χ1n) is 5.49. The van der Waals surface area contributed by atoms with Crippen molar-refractivity contribution in [1.82, 2.24) is 5.32 Å². The van der Waals surface area contributed by atoms with Gasteiger partial charge < -0.3 is 5.32 Å². The van der Waals surface area contributed by atoms with Crippen LogP contribution in [0.4, 0.5) is 4.39 Å². The summed E-state index contributed by atoms with van der Waals surface area (Å²) in [5.74, 6) is 1.19. The van der Waals surface area contributed by atoms with Crippen LogP contribution in [0.25, 0.3) is 0 Å². The van der Waals surface area contributed by atoms with Crippen LogP contribution in [-0.4, -0.2) is 24.0 Å². The Bertz CT molecular complexity index is 385. The second-order valence-corrected chi connectivity index (χ2v) is 5.38. The van der Waals surface area contributed by atoms with E-state index in [-0.39, 0.29) is 11.5 Å². The van der Waals surface area contributed by atoms with Gasteiger partial charge in [-0.1, -0.05) is 6.92 Å². The number of hydrogen-bond donors (Lipinski definition) is 2. The first-order chi connectivity index (χ1) is 8.15. The standard InChI is InChI=1S/C12H16FNOS2/c1-2-17-7-3-6-14-12(15)10-8-9(16)4-5-11(10)13/h4-5,8,16H,2-3,6-7H2,1H3,(H,14,15). The summed E-state index contributed by atoms with van der Waals surface area (Å²) in [5.41, 5.74) is 0.0562. The van der Waals surface area contributed by atoms with Gasteiger partial charge in [-0.2, -0.15) is 11.8 Å². The maximum absolute atomic E-state index is 13.4. The molecule has 0 spiro atoms. The van der Waals surface area contributed by atoms with E-state index in [1.807, 2.05) is 11.8 Å². The van der Waals surface area contributed by atoms with Crippen LogP contribution in [0.3, 0.4) is 0 Å². The number of amides is 1. The molecule has 1 aromatic rings. The quantitative estimate of drug-likeness (QED) is 0.616. The van der Waals surface area contributed by atoms with E-state index in [4.69, 9.17) is 0 Å². The Morgan fingerprint density at radius 2 is 2.29 bits per heavy atom. The summed E-state index contributed by atoms with van der Waals surface area (Å²) in [5, 5.41) is 2.70. The fraction of sp³-hybridized carbons (Fsp3) is 0.417. The molecule has 94 valence electrons. The fourth-order valence-electron chi connectivity index (χ4n) is 1.30. The van der Waals surface area contributed by atoms with E-state index < -0.39 is 5.82 Å². The van der Waals surface area contributed by atoms with Gasteiger partial charge in [-0.05, 0) is 36.1 Å². The Kier molecular flexibility index (Phi) is 6.44. The molecule has 0 heterocycles. The monoisotopic (exact) mass is 273 g/mol. The van der Waals surface area contributed by atoms with Crippen molar-refractivity contribution < 1.29 is 9.18 Å². The topological polar surface area (TPSA) is 29.1 Å². The minimum absolute atomic E-state index is 0.0562. The molecule has 0 bridgehead atoms. The molecule has 0 unspecified atom stereocenters. The number of halogens is 1. The number of thioether (sulfide) groups is 1. The average Bonchev–Trinajstić information content (AvgIpc) is 2.32. The molecule has 0 radical (unpaired) electrons. The van der Waals surface area contributed by atoms with Crippen molar-refractivity contribution in [2.45, 2.75) is 18.2 Å². The summed E-state index contributed by atoms with van der Waals surface area (Å²) in [4.78, 5) is 12.2. The molecule has 1 N–H and O–H groups in total. The lowest BCUT2D eigenvalue weighted by molar-refractivity contribution is 0.0949. The van der Waals surface area contributed by atoms with Crippen LogP contribution in [0.2, 0.25) is 0 Å². The summed E-state index contributed by atoms with van der Waals surface area (Å²) in [6.07, 6.45) is 0.895. The van der Waals surface area contributed by atoms with E-state index in [0.29, 0.717) is 11.4 Å². The second-order valence-electron chi connectivity index (χ2n) is 3.47. The Hall–Kier alpha value is -0.680. The third-order valence-electron chi connectivity index (χ3n) is 2.15. The van der Waals surface area contributed by atoms with Crippen molar-refractivity contribution in [1.29, 1.82) is 0 Å². The van der Waals surface area contributed by atoms with Crippen LogP contribution in [0.15, 0.2) is 23.1 Å². The molecule has 0 saturated carbocycles. The highest BCUT2D eigenvalue weighted by Crippen LogP contribution is 2.13. The Morgan fingerprint density at radius 3 is 3.00 bits per heavy atom. The van der Waals surface area contributed by atoms with Gasteiger partial charge in [0, 0.05) is 11.4 Å². The third kappa shape index (κ3) is 5.00. The van der Waals surface area contributed by atoms with Crippen LogP contribution < -0.4 is 5.32 Å². The highest BCUT2D eigenvalue weighted by atomic mass is 32.2. The summed E-state index contributed by atoms with van der Waals surface area (Å²) < 4.78 is 13.4. The number of hydrogen-bond acceptors (Lipinski definition) is 3. The molecule has 2 nitrogen and oxygen atoms in total. The van der Waals surface area contributed by atoms with Crippen molar-refractivity contribution >= 4 is 30.3 Å². The maximum atomic E-state index is 13.4. The van der Waals surface area contributed by atoms with E-state index in [1.54, 1.807) is 0 Å². The summed E-state index contributed by atoms with van der Waals surface area (Å²) in [7, 11) is 0. The van der Waals surface area contributed by atoms with Gasteiger partial charge in [-0.15, -0.1) is 12.6 Å². The SMILES string of the molecule is CCSCCCNC(=O)c1cc(S)ccc1F. The van der Waals surface area contributed by atoms with Gasteiger partial charge in [0.2, 0.25) is 0 Å². The minimum Gasteiger partial charge on any atom is -0.352 e. The number of thiol groups is 1. The molecule has 17 heavy (non-hydrogen) atoms. The average molecular weight is 273 g/mol. The fourth-order valence-corrected chi connectivity index (χ4v) is 2.14. The van der Waals surface area contributed by atoms with Gasteiger partial charge in [0.15, 0.2) is 0 Å². The molecule has 0 aliphatic carbocycles. The number of rotatable bonds is 6. The van der Waals surface area contributed by atoms with Gasteiger partial charge in [-0.25, -0.2) is 4.39 Å². The van der Waals surface area contributed by atoms with Crippen LogP contribution in [0.1, 0.15) is 23.7 Å². The summed E-state index contributed by atoms with van der Waals surface area (Å²) in [6, 6.07) is 4.21. The largest absolute Gasteiger partial charge is 0.352 e. The van der Waals surface area contributed by atoms with E-state index >= 15 is 0 Å². The van der Waals surface area contributed by atoms with Gasteiger partial charge in [0.05, 0.1) is 5.56 Å². The van der Waals surface area contributed by atoms with Crippen molar-refractivity contribution in [2.24, 2.45) is 0 Å². The molecule has 0 atom stereocenters. The van der Waals surface area contributed by atoms with Crippen molar-refractivity contribution in [3.05, 3.63) is 29.6 Å². The van der Waals surface area contributed by atoms with E-state index in [0.717, 1.165) is 17.9 Å². The van der Waals surface area contributed by atoms with Crippen molar-refractivity contribution in [3.63, 3.8) is 0 Å². The molecule has 0 aliphatic heterocycles. The number of nitrogens with one attached hydrogen (secondary N) is 1. The first kappa shape index (κ1) is 14.4. The normalized spacial score (nSPS) is 10.3. The second kappa shape index (κ2) is 7.61. The Morgan fingerprint density at radius 1 is 1.53 bits per heavy atom. The summed E-state index contributed by atoms with van der Waals surface area (Å²) >= 11 is 5.91. The van der Waals surface area contributed by atoms with Crippen molar-refractivity contribution in [3.8, 4) is 0 Å². The highest BCUT2D eigenvalue weighted by molar-refractivity contribution is 7.99. The lowest BCUT2D eigenvalue weighted by Gasteiger charge is -2.06. The molecule has 0 fully saturated rings. The maximum Gasteiger partial charge on any atom is 0.254 e. The van der Waals surface area contributed by atoms with Crippen LogP contribution in [-0.2, 0) is 0 Å². The van der Waals surface area contributed by atoms with Crippen molar-refractivity contribution in [2.75, 3.05) is 18.1 Å². The zero-order chi connectivity index (χ0) is 12.7. The van der Waals surface area contributed by atoms with E-state index in [1.165, 1.54) is 18.2 Å². The van der Waals surface area contributed by atoms with Crippen LogP contribution >= 0.6 is 24.4 Å². The van der Waals surface area contributed by atoms with E-state index in [9.17, 15) is 9.18 Å². The minimum atomic E-state index is -0.511. The Labute approximate surface area is 111 Å². The smallest absolute Gasteiger partial charge is 0.254 e. The number of carbonyl (C=O) groups excluding carboxylic acids is 1. The lowest BCUT2D eigenvalue weighted by atomic mass is 10.2. The third-order valence-corrected chi connectivity index (χ3v) is 3.41. The molecule has 0 saturated heterocycles. The van der Waals surface area contributed by atoms with Gasteiger partial charge in [-0.3, -0.25) is 4.79 Å².